The number of hydrogen-bond acceptors (Lipinski definition) is 1. The molecule has 0 saturated carbocycles. The van der Waals surface area contributed by atoms with Crippen LogP contribution in [0.25, 0.3) is 0 Å². The molecule has 0 radical (unpaired) electrons. The van der Waals surface area contributed by atoms with Crippen LogP contribution in [0.1, 0.15) is 0 Å². The number of amides is 2. The standard InChI is InChI=1S/C3H6F2N2O/c4-1-7(2-5)3(6)8/h1-2H2,(H2,6,8). The molecule has 0 fully saturated rings. The van der Waals surface area contributed by atoms with Gasteiger partial charge in [-0.1, -0.05) is 0 Å². The number of carbonyl (C=O) groups is 1. The van der Waals surface area contributed by atoms with E-state index < -0.39 is 19.6 Å². The van der Waals surface area contributed by atoms with E-state index in [0.717, 1.165) is 0 Å². The van der Waals surface area contributed by atoms with Crippen LogP contribution < -0.4 is 5.73 Å². The zero-order chi connectivity index (χ0) is 6.57. The van der Waals surface area contributed by atoms with Crippen molar-refractivity contribution in [1.29, 1.82) is 0 Å². The summed E-state index contributed by atoms with van der Waals surface area (Å²) in [7, 11) is 0. The zero-order valence-corrected chi connectivity index (χ0v) is 4.10. The highest BCUT2D eigenvalue weighted by atomic mass is 19.1. The molecule has 0 unspecified atom stereocenters. The van der Waals surface area contributed by atoms with E-state index in [4.69, 9.17) is 0 Å². The van der Waals surface area contributed by atoms with Gasteiger partial charge in [-0.25, -0.2) is 13.6 Å². The van der Waals surface area contributed by atoms with Crippen molar-refractivity contribution in [2.45, 2.75) is 0 Å². The van der Waals surface area contributed by atoms with Gasteiger partial charge in [0.1, 0.15) is 0 Å². The van der Waals surface area contributed by atoms with Crippen molar-refractivity contribution in [2.75, 3.05) is 13.6 Å². The van der Waals surface area contributed by atoms with Crippen LogP contribution in [0.5, 0.6) is 0 Å². The van der Waals surface area contributed by atoms with Crippen LogP contribution >= 0.6 is 0 Å². The van der Waals surface area contributed by atoms with Gasteiger partial charge in [-0.15, -0.1) is 0 Å². The second-order valence-corrected chi connectivity index (χ2v) is 1.12. The lowest BCUT2D eigenvalue weighted by Crippen LogP contribution is -2.34. The Morgan fingerprint density at radius 2 is 1.88 bits per heavy atom. The van der Waals surface area contributed by atoms with Crippen LogP contribution in [0.3, 0.4) is 0 Å². The number of hydrogen-bond donors (Lipinski definition) is 1. The zero-order valence-electron chi connectivity index (χ0n) is 4.10. The molecule has 2 amide bonds. The van der Waals surface area contributed by atoms with Gasteiger partial charge in [-0.05, 0) is 0 Å². The Kier molecular flexibility index (Phi) is 2.83. The monoisotopic (exact) mass is 124 g/mol. The minimum Gasteiger partial charge on any atom is -0.351 e. The van der Waals surface area contributed by atoms with Crippen LogP contribution in [-0.4, -0.2) is 24.5 Å². The smallest absolute Gasteiger partial charge is 0.318 e. The number of nitrogens with zero attached hydrogens (tertiary/aromatic N) is 1. The Labute approximate surface area is 45.1 Å². The molecule has 0 heterocycles. The molecule has 0 aromatic rings. The number of alkyl halides is 2. The number of carbonyl (C=O) groups excluding carboxylic acids is 1. The third-order valence-corrected chi connectivity index (χ3v) is 0.600. The van der Waals surface area contributed by atoms with Crippen LogP contribution in [0.15, 0.2) is 0 Å². The van der Waals surface area contributed by atoms with Gasteiger partial charge >= 0.3 is 6.03 Å². The number of primary amides is 1. The SMILES string of the molecule is NC(=O)N(CF)CF. The fraction of sp³-hybridized carbons (Fsp3) is 0.667. The Morgan fingerprint density at radius 1 is 1.50 bits per heavy atom. The van der Waals surface area contributed by atoms with Crippen molar-refractivity contribution in [1.82, 2.24) is 4.90 Å². The Hall–Kier alpha value is -0.870. The van der Waals surface area contributed by atoms with Crippen LogP contribution in [0, 0.1) is 0 Å². The molecule has 0 spiro atoms. The summed E-state index contributed by atoms with van der Waals surface area (Å²) in [6.45, 7) is -2.35. The molecule has 0 aliphatic rings. The van der Waals surface area contributed by atoms with Gasteiger partial charge in [-0.2, -0.15) is 0 Å². The first-order valence-corrected chi connectivity index (χ1v) is 1.88. The number of urea groups is 1. The van der Waals surface area contributed by atoms with Gasteiger partial charge in [0, 0.05) is 0 Å². The first-order valence-electron chi connectivity index (χ1n) is 1.88. The summed E-state index contributed by atoms with van der Waals surface area (Å²) in [5.74, 6) is 0. The predicted octanol–water partition coefficient (Wildman–Crippen LogP) is 0.221. The third kappa shape index (κ3) is 1.72. The molecule has 48 valence electrons. The average Bonchev–Trinajstić information content (AvgIpc) is 1.69. The van der Waals surface area contributed by atoms with Crippen molar-refractivity contribution in [2.24, 2.45) is 5.73 Å². The number of rotatable bonds is 2. The lowest BCUT2D eigenvalue weighted by molar-refractivity contribution is 0.145. The lowest BCUT2D eigenvalue weighted by Gasteiger charge is -2.08. The molecular weight excluding hydrogens is 118 g/mol. The molecule has 0 saturated heterocycles. The van der Waals surface area contributed by atoms with Gasteiger partial charge in [0.25, 0.3) is 0 Å². The maximum absolute atomic E-state index is 11.3. The summed E-state index contributed by atoms with van der Waals surface area (Å²) >= 11 is 0. The number of nitrogens with two attached hydrogens (primary N) is 1. The van der Waals surface area contributed by atoms with Gasteiger partial charge < -0.3 is 5.73 Å². The van der Waals surface area contributed by atoms with Crippen molar-refractivity contribution in [3.05, 3.63) is 0 Å². The first-order chi connectivity index (χ1) is 3.72. The highest BCUT2D eigenvalue weighted by molar-refractivity contribution is 5.71. The molecule has 2 N–H and O–H groups in total. The van der Waals surface area contributed by atoms with E-state index in [1.165, 1.54) is 0 Å². The van der Waals surface area contributed by atoms with E-state index in [1.807, 2.05) is 0 Å². The number of halogens is 2. The quantitative estimate of drug-likeness (QED) is 0.526. The summed E-state index contributed by atoms with van der Waals surface area (Å²) in [4.78, 5) is 10.1. The Morgan fingerprint density at radius 3 is 1.88 bits per heavy atom. The fourth-order valence-electron chi connectivity index (χ4n) is 0.150. The Balaban J connectivity index is 3.52. The van der Waals surface area contributed by atoms with Gasteiger partial charge in [0.2, 0.25) is 0 Å². The highest BCUT2D eigenvalue weighted by Gasteiger charge is 2.05. The largest absolute Gasteiger partial charge is 0.351 e. The minimum absolute atomic E-state index is 0.222. The fourth-order valence-corrected chi connectivity index (χ4v) is 0.150. The summed E-state index contributed by atoms with van der Waals surface area (Å²) in [6.07, 6.45) is 0. The second kappa shape index (κ2) is 3.17. The molecule has 0 aromatic carbocycles. The molecule has 0 rings (SSSR count). The summed E-state index contributed by atoms with van der Waals surface area (Å²) in [6, 6.07) is -1.09. The van der Waals surface area contributed by atoms with E-state index >= 15 is 0 Å². The summed E-state index contributed by atoms with van der Waals surface area (Å²) in [5, 5.41) is 0. The van der Waals surface area contributed by atoms with E-state index in [9.17, 15) is 13.6 Å². The van der Waals surface area contributed by atoms with Gasteiger partial charge in [-0.3, -0.25) is 4.90 Å². The van der Waals surface area contributed by atoms with Crippen LogP contribution in [-0.2, 0) is 0 Å². The van der Waals surface area contributed by atoms with Crippen molar-refractivity contribution < 1.29 is 13.6 Å². The molecule has 0 aliphatic carbocycles. The average molecular weight is 124 g/mol. The third-order valence-electron chi connectivity index (χ3n) is 0.600. The molecule has 5 heteroatoms. The van der Waals surface area contributed by atoms with Crippen LogP contribution in [0.2, 0.25) is 0 Å². The van der Waals surface area contributed by atoms with E-state index in [0.29, 0.717) is 0 Å². The summed E-state index contributed by atoms with van der Waals surface area (Å²) < 4.78 is 22.6. The maximum Gasteiger partial charge on any atom is 0.318 e. The topological polar surface area (TPSA) is 46.3 Å². The highest BCUT2D eigenvalue weighted by Crippen LogP contribution is 1.86. The van der Waals surface area contributed by atoms with Crippen LogP contribution in [0.4, 0.5) is 13.6 Å². The normalized spacial score (nSPS) is 8.75. The maximum atomic E-state index is 11.3. The van der Waals surface area contributed by atoms with Crippen molar-refractivity contribution >= 4 is 6.03 Å². The van der Waals surface area contributed by atoms with Crippen molar-refractivity contribution in [3.8, 4) is 0 Å². The predicted molar refractivity (Wildman–Crippen MR) is 23.4 cm³/mol. The molecule has 0 bridgehead atoms. The lowest BCUT2D eigenvalue weighted by atomic mass is 10.8. The second-order valence-electron chi connectivity index (χ2n) is 1.12. The Bertz CT molecular complexity index is 83.4. The molecule has 0 aliphatic heterocycles. The van der Waals surface area contributed by atoms with Gasteiger partial charge in [0.05, 0.1) is 0 Å². The van der Waals surface area contributed by atoms with E-state index in [-0.39, 0.29) is 4.90 Å². The van der Waals surface area contributed by atoms with Gasteiger partial charge in [0.15, 0.2) is 13.6 Å². The van der Waals surface area contributed by atoms with E-state index in [2.05, 4.69) is 5.73 Å². The minimum atomic E-state index is -1.17. The van der Waals surface area contributed by atoms with Crippen molar-refractivity contribution in [3.63, 3.8) is 0 Å². The molecule has 0 atom stereocenters. The first kappa shape index (κ1) is 7.13. The molecule has 3 nitrogen and oxygen atoms in total. The molecular formula is C3H6F2N2O. The van der Waals surface area contributed by atoms with E-state index in [1.54, 1.807) is 0 Å². The summed E-state index contributed by atoms with van der Waals surface area (Å²) in [5.41, 5.74) is 4.46. The molecule has 0 aromatic heterocycles. The molecule has 8 heavy (non-hydrogen) atoms.